The lowest BCUT2D eigenvalue weighted by molar-refractivity contribution is -0.0328. The fourth-order valence-corrected chi connectivity index (χ4v) is 3.39. The van der Waals surface area contributed by atoms with Crippen LogP contribution in [0.1, 0.15) is 31.4 Å². The highest BCUT2D eigenvalue weighted by atomic mass is 32.2. The van der Waals surface area contributed by atoms with Crippen molar-refractivity contribution in [2.45, 2.75) is 36.2 Å². The molecule has 0 radical (unpaired) electrons. The molecule has 0 saturated carbocycles. The molecule has 22 heavy (non-hydrogen) atoms. The summed E-state index contributed by atoms with van der Waals surface area (Å²) in [6.07, 6.45) is 1.72. The minimum atomic E-state index is -4.32. The van der Waals surface area contributed by atoms with E-state index in [4.69, 9.17) is 0 Å². The van der Waals surface area contributed by atoms with Crippen molar-refractivity contribution >= 4 is 11.8 Å². The third-order valence-electron chi connectivity index (χ3n) is 3.75. The summed E-state index contributed by atoms with van der Waals surface area (Å²) in [6, 6.07) is 4.13. The third kappa shape index (κ3) is 4.79. The first-order valence-corrected chi connectivity index (χ1v) is 8.26. The Bertz CT molecular complexity index is 490. The minimum absolute atomic E-state index is 0.0408. The predicted octanol–water partition coefficient (Wildman–Crippen LogP) is 3.75. The van der Waals surface area contributed by atoms with Crippen LogP contribution in [0.5, 0.6) is 5.75 Å². The number of nitrogens with zero attached hydrogens (tertiary/aromatic N) is 1. The van der Waals surface area contributed by atoms with Crippen LogP contribution in [0.3, 0.4) is 0 Å². The molecule has 1 saturated heterocycles. The van der Waals surface area contributed by atoms with Crippen molar-refractivity contribution in [3.05, 3.63) is 23.8 Å². The normalized spacial score (nSPS) is 18.4. The quantitative estimate of drug-likeness (QED) is 0.804. The summed E-state index contributed by atoms with van der Waals surface area (Å²) >= 11 is -0.136. The SMILES string of the molecule is CCC[C@H](c1cc(SC(F)(F)F)ccc1O)N1CCNCC1. The van der Waals surface area contributed by atoms with Gasteiger partial charge in [0.05, 0.1) is 0 Å². The summed E-state index contributed by atoms with van der Waals surface area (Å²) < 4.78 is 37.7. The van der Waals surface area contributed by atoms with Crippen LogP contribution in [0.25, 0.3) is 0 Å². The average Bonchev–Trinajstić information content (AvgIpc) is 2.46. The van der Waals surface area contributed by atoms with Gasteiger partial charge in [-0.25, -0.2) is 0 Å². The van der Waals surface area contributed by atoms with E-state index in [0.29, 0.717) is 5.56 Å². The Morgan fingerprint density at radius 2 is 2.00 bits per heavy atom. The van der Waals surface area contributed by atoms with Crippen molar-refractivity contribution in [1.82, 2.24) is 10.2 Å². The molecule has 0 aromatic heterocycles. The van der Waals surface area contributed by atoms with Crippen LogP contribution in [-0.4, -0.2) is 41.7 Å². The minimum Gasteiger partial charge on any atom is -0.508 e. The van der Waals surface area contributed by atoms with Crippen LogP contribution in [0.2, 0.25) is 0 Å². The highest BCUT2D eigenvalue weighted by molar-refractivity contribution is 8.00. The van der Waals surface area contributed by atoms with Crippen LogP contribution in [0.4, 0.5) is 13.2 Å². The van der Waals surface area contributed by atoms with Crippen molar-refractivity contribution in [2.75, 3.05) is 26.2 Å². The molecule has 1 aromatic carbocycles. The maximum Gasteiger partial charge on any atom is 0.446 e. The Morgan fingerprint density at radius 3 is 2.59 bits per heavy atom. The van der Waals surface area contributed by atoms with Crippen molar-refractivity contribution in [3.8, 4) is 5.75 Å². The maximum absolute atomic E-state index is 12.6. The Kier molecular flexibility index (Phi) is 6.00. The molecule has 1 fully saturated rings. The molecule has 0 amide bonds. The second-order valence-electron chi connectivity index (χ2n) is 5.36. The summed E-state index contributed by atoms with van der Waals surface area (Å²) in [7, 11) is 0. The first-order chi connectivity index (χ1) is 10.4. The zero-order valence-corrected chi connectivity index (χ0v) is 13.3. The van der Waals surface area contributed by atoms with Crippen molar-refractivity contribution in [1.29, 1.82) is 0 Å². The largest absolute Gasteiger partial charge is 0.508 e. The number of piperazine rings is 1. The number of phenols is 1. The molecule has 0 spiro atoms. The monoisotopic (exact) mass is 334 g/mol. The van der Waals surface area contributed by atoms with Crippen LogP contribution < -0.4 is 5.32 Å². The Morgan fingerprint density at radius 1 is 1.32 bits per heavy atom. The Hall–Kier alpha value is -0.920. The highest BCUT2D eigenvalue weighted by Crippen LogP contribution is 2.41. The molecule has 124 valence electrons. The summed E-state index contributed by atoms with van der Waals surface area (Å²) in [5.74, 6) is 0.0727. The lowest BCUT2D eigenvalue weighted by Crippen LogP contribution is -2.45. The molecular formula is C15H21F3N2OS. The number of alkyl halides is 3. The zero-order chi connectivity index (χ0) is 16.2. The summed E-state index contributed by atoms with van der Waals surface area (Å²) in [4.78, 5) is 2.36. The number of nitrogens with one attached hydrogen (secondary N) is 1. The summed E-state index contributed by atoms with van der Waals surface area (Å²) in [6.45, 7) is 5.43. The maximum atomic E-state index is 12.6. The van der Waals surface area contributed by atoms with Crippen LogP contribution in [-0.2, 0) is 0 Å². The predicted molar refractivity (Wildman–Crippen MR) is 82.1 cm³/mol. The smallest absolute Gasteiger partial charge is 0.446 e. The molecular weight excluding hydrogens is 313 g/mol. The second-order valence-corrected chi connectivity index (χ2v) is 6.50. The van der Waals surface area contributed by atoms with E-state index in [1.54, 1.807) is 0 Å². The number of rotatable bonds is 5. The van der Waals surface area contributed by atoms with Gasteiger partial charge in [0.15, 0.2) is 0 Å². The molecule has 2 N–H and O–H groups in total. The third-order valence-corrected chi connectivity index (χ3v) is 4.47. The van der Waals surface area contributed by atoms with Crippen LogP contribution >= 0.6 is 11.8 Å². The van der Waals surface area contributed by atoms with Crippen molar-refractivity contribution in [3.63, 3.8) is 0 Å². The lowest BCUT2D eigenvalue weighted by atomic mass is 9.99. The topological polar surface area (TPSA) is 35.5 Å². The molecule has 1 heterocycles. The van der Waals surface area contributed by atoms with E-state index in [1.807, 2.05) is 6.92 Å². The number of hydrogen-bond donors (Lipinski definition) is 2. The molecule has 2 rings (SSSR count). The number of aromatic hydroxyl groups is 1. The van der Waals surface area contributed by atoms with E-state index >= 15 is 0 Å². The van der Waals surface area contributed by atoms with Gasteiger partial charge in [0.25, 0.3) is 0 Å². The number of halogens is 3. The first kappa shape index (κ1) is 17.4. The van der Waals surface area contributed by atoms with E-state index in [9.17, 15) is 18.3 Å². The molecule has 1 aromatic rings. The van der Waals surface area contributed by atoms with Gasteiger partial charge in [-0.1, -0.05) is 13.3 Å². The first-order valence-electron chi connectivity index (χ1n) is 7.44. The fourth-order valence-electron chi connectivity index (χ4n) is 2.80. The number of thioether (sulfide) groups is 1. The molecule has 0 aliphatic carbocycles. The van der Waals surface area contributed by atoms with Crippen LogP contribution in [0.15, 0.2) is 23.1 Å². The van der Waals surface area contributed by atoms with Gasteiger partial charge in [-0.2, -0.15) is 13.2 Å². The van der Waals surface area contributed by atoms with E-state index in [2.05, 4.69) is 10.2 Å². The summed E-state index contributed by atoms with van der Waals surface area (Å²) in [5.41, 5.74) is -3.72. The zero-order valence-electron chi connectivity index (χ0n) is 12.5. The average molecular weight is 334 g/mol. The molecule has 1 aliphatic rings. The van der Waals surface area contributed by atoms with E-state index < -0.39 is 5.51 Å². The summed E-state index contributed by atoms with van der Waals surface area (Å²) in [5, 5.41) is 13.4. The number of benzene rings is 1. The van der Waals surface area contributed by atoms with Gasteiger partial charge in [-0.15, -0.1) is 0 Å². The van der Waals surface area contributed by atoms with Gasteiger partial charge in [0.2, 0.25) is 0 Å². The van der Waals surface area contributed by atoms with Crippen molar-refractivity contribution in [2.24, 2.45) is 0 Å². The molecule has 3 nitrogen and oxygen atoms in total. The van der Waals surface area contributed by atoms with Gasteiger partial charge in [-0.05, 0) is 36.4 Å². The van der Waals surface area contributed by atoms with Gasteiger partial charge in [-0.3, -0.25) is 4.90 Å². The molecule has 1 aliphatic heterocycles. The fraction of sp³-hybridized carbons (Fsp3) is 0.600. The molecule has 0 bridgehead atoms. The lowest BCUT2D eigenvalue weighted by Gasteiger charge is -2.35. The molecule has 7 heteroatoms. The second kappa shape index (κ2) is 7.57. The molecule has 1 atom stereocenters. The standard InChI is InChI=1S/C15H21F3N2OS/c1-2-3-13(20-8-6-19-7-9-20)12-10-11(4-5-14(12)21)22-15(16,17)18/h4-5,10,13,19,21H,2-3,6-9H2,1H3/t13-/m1/s1. The van der Waals surface area contributed by atoms with Gasteiger partial charge >= 0.3 is 5.51 Å². The van der Waals surface area contributed by atoms with Crippen LogP contribution in [0, 0.1) is 0 Å². The van der Waals surface area contributed by atoms with Gasteiger partial charge in [0, 0.05) is 42.7 Å². The Balaban J connectivity index is 2.27. The number of hydrogen-bond acceptors (Lipinski definition) is 4. The van der Waals surface area contributed by atoms with Gasteiger partial charge < -0.3 is 10.4 Å². The van der Waals surface area contributed by atoms with E-state index in [1.165, 1.54) is 18.2 Å². The molecule has 0 unspecified atom stereocenters. The van der Waals surface area contributed by atoms with E-state index in [-0.39, 0.29) is 28.4 Å². The van der Waals surface area contributed by atoms with E-state index in [0.717, 1.165) is 39.0 Å². The van der Waals surface area contributed by atoms with Crippen molar-refractivity contribution < 1.29 is 18.3 Å². The van der Waals surface area contributed by atoms with Gasteiger partial charge in [0.1, 0.15) is 5.75 Å². The Labute approximate surface area is 132 Å². The highest BCUT2D eigenvalue weighted by Gasteiger charge is 2.30. The number of phenolic OH excluding ortho intramolecular Hbond substituents is 1.